The maximum Gasteiger partial charge on any atom is 0.314 e. The Morgan fingerprint density at radius 1 is 1.39 bits per heavy atom. The Hall–Kier alpha value is -2.63. The molecule has 1 aromatic carbocycles. The van der Waals surface area contributed by atoms with E-state index in [9.17, 15) is 14.7 Å². The molecule has 0 radical (unpaired) electrons. The molecule has 0 saturated heterocycles. The summed E-state index contributed by atoms with van der Waals surface area (Å²) in [6.07, 6.45) is 2.16. The quantitative estimate of drug-likeness (QED) is 0.873. The zero-order chi connectivity index (χ0) is 16.6. The first-order valence-electron chi connectivity index (χ1n) is 7.46. The van der Waals surface area contributed by atoms with Crippen molar-refractivity contribution in [2.75, 3.05) is 7.11 Å². The number of carboxylic acids is 1. The lowest BCUT2D eigenvalue weighted by Crippen LogP contribution is -2.35. The van der Waals surface area contributed by atoms with Crippen LogP contribution in [0.25, 0.3) is 0 Å². The monoisotopic (exact) mass is 314 g/mol. The number of aliphatic carboxylic acids is 1. The molecule has 6 heteroatoms. The van der Waals surface area contributed by atoms with Gasteiger partial charge in [-0.15, -0.1) is 0 Å². The number of ether oxygens (including phenoxy) is 1. The number of hydrogen-bond acceptors (Lipinski definition) is 4. The van der Waals surface area contributed by atoms with E-state index in [2.05, 4.69) is 5.10 Å². The number of ketones is 1. The van der Waals surface area contributed by atoms with Gasteiger partial charge in [0.15, 0.2) is 5.78 Å². The SMILES string of the molecule is COc1ccc(Cn2cc3c(n2)CC(C)C(C(=O)O)C3=O)cc1. The molecule has 2 aromatic rings. The number of fused-ring (bicyclic) bond motifs is 1. The van der Waals surface area contributed by atoms with Crippen molar-refractivity contribution in [3.63, 3.8) is 0 Å². The first-order chi connectivity index (χ1) is 11.0. The van der Waals surface area contributed by atoms with E-state index < -0.39 is 11.9 Å². The molecular weight excluding hydrogens is 296 g/mol. The van der Waals surface area contributed by atoms with E-state index >= 15 is 0 Å². The second kappa shape index (κ2) is 5.87. The summed E-state index contributed by atoms with van der Waals surface area (Å²) in [5, 5.41) is 13.7. The summed E-state index contributed by atoms with van der Waals surface area (Å²) in [5.74, 6) is -1.83. The van der Waals surface area contributed by atoms with Crippen molar-refractivity contribution < 1.29 is 19.4 Å². The largest absolute Gasteiger partial charge is 0.497 e. The van der Waals surface area contributed by atoms with Crippen molar-refractivity contribution in [1.82, 2.24) is 9.78 Å². The van der Waals surface area contributed by atoms with Crippen LogP contribution in [0.4, 0.5) is 0 Å². The Labute approximate surface area is 133 Å². The smallest absolute Gasteiger partial charge is 0.314 e. The summed E-state index contributed by atoms with van der Waals surface area (Å²) < 4.78 is 6.82. The van der Waals surface area contributed by atoms with E-state index in [0.29, 0.717) is 24.2 Å². The molecule has 1 aliphatic rings. The highest BCUT2D eigenvalue weighted by atomic mass is 16.5. The summed E-state index contributed by atoms with van der Waals surface area (Å²) in [6.45, 7) is 2.30. The Balaban J connectivity index is 1.84. The van der Waals surface area contributed by atoms with Gasteiger partial charge in [0, 0.05) is 6.20 Å². The van der Waals surface area contributed by atoms with Gasteiger partial charge in [0.1, 0.15) is 11.7 Å². The first kappa shape index (κ1) is 15.3. The van der Waals surface area contributed by atoms with Crippen molar-refractivity contribution in [3.05, 3.63) is 47.3 Å². The molecule has 120 valence electrons. The lowest BCUT2D eigenvalue weighted by atomic mass is 9.79. The van der Waals surface area contributed by atoms with E-state index in [1.165, 1.54) is 0 Å². The van der Waals surface area contributed by atoms with Gasteiger partial charge in [0.2, 0.25) is 0 Å². The van der Waals surface area contributed by atoms with Crippen molar-refractivity contribution >= 4 is 11.8 Å². The molecule has 1 aliphatic carbocycles. The van der Waals surface area contributed by atoms with Crippen LogP contribution in [0.3, 0.4) is 0 Å². The molecule has 2 atom stereocenters. The van der Waals surface area contributed by atoms with Crippen LogP contribution in [-0.2, 0) is 17.8 Å². The standard InChI is InChI=1S/C17H18N2O4/c1-10-7-14-13(16(20)15(10)17(21)22)9-19(18-14)8-11-3-5-12(23-2)6-4-11/h3-6,9-10,15H,7-8H2,1-2H3,(H,21,22). The zero-order valence-corrected chi connectivity index (χ0v) is 13.0. The van der Waals surface area contributed by atoms with Crippen molar-refractivity contribution in [2.24, 2.45) is 11.8 Å². The molecule has 1 aromatic heterocycles. The predicted octanol–water partition coefficient (Wildman–Crippen LogP) is 2.02. The average molecular weight is 314 g/mol. The normalized spacial score (nSPS) is 20.2. The lowest BCUT2D eigenvalue weighted by Gasteiger charge is -2.22. The van der Waals surface area contributed by atoms with Crippen molar-refractivity contribution in [2.45, 2.75) is 19.9 Å². The van der Waals surface area contributed by atoms with Crippen LogP contribution < -0.4 is 4.74 Å². The molecular formula is C17H18N2O4. The molecule has 0 amide bonds. The molecule has 3 rings (SSSR count). The number of Topliss-reactive ketones (excluding diaryl/α,β-unsaturated/α-hetero) is 1. The molecule has 0 fully saturated rings. The maximum atomic E-state index is 12.4. The van der Waals surface area contributed by atoms with Crippen LogP contribution >= 0.6 is 0 Å². The predicted molar refractivity (Wildman–Crippen MR) is 82.6 cm³/mol. The van der Waals surface area contributed by atoms with Crippen LogP contribution in [0.2, 0.25) is 0 Å². The molecule has 1 heterocycles. The van der Waals surface area contributed by atoms with Crippen LogP contribution in [0.1, 0.15) is 28.5 Å². The van der Waals surface area contributed by atoms with Crippen LogP contribution in [0.15, 0.2) is 30.5 Å². The van der Waals surface area contributed by atoms with Crippen molar-refractivity contribution in [3.8, 4) is 5.75 Å². The molecule has 0 spiro atoms. The number of methoxy groups -OCH3 is 1. The van der Waals surface area contributed by atoms with Gasteiger partial charge in [-0.3, -0.25) is 14.3 Å². The van der Waals surface area contributed by atoms with E-state index in [0.717, 1.165) is 11.3 Å². The zero-order valence-electron chi connectivity index (χ0n) is 13.0. The fraction of sp³-hybridized carbons (Fsp3) is 0.353. The maximum absolute atomic E-state index is 12.4. The Bertz CT molecular complexity index is 748. The molecule has 2 unspecified atom stereocenters. The number of hydrogen-bond donors (Lipinski definition) is 1. The van der Waals surface area contributed by atoms with Gasteiger partial charge < -0.3 is 9.84 Å². The Morgan fingerprint density at radius 3 is 2.70 bits per heavy atom. The highest BCUT2D eigenvalue weighted by Gasteiger charge is 2.39. The summed E-state index contributed by atoms with van der Waals surface area (Å²) in [4.78, 5) is 23.7. The van der Waals surface area contributed by atoms with E-state index in [-0.39, 0.29) is 11.7 Å². The fourth-order valence-corrected chi connectivity index (χ4v) is 3.02. The van der Waals surface area contributed by atoms with Gasteiger partial charge in [-0.2, -0.15) is 5.10 Å². The van der Waals surface area contributed by atoms with Gasteiger partial charge in [-0.1, -0.05) is 19.1 Å². The topological polar surface area (TPSA) is 81.4 Å². The summed E-state index contributed by atoms with van der Waals surface area (Å²) in [7, 11) is 1.61. The van der Waals surface area contributed by atoms with Gasteiger partial charge in [0.25, 0.3) is 0 Å². The van der Waals surface area contributed by atoms with E-state index in [1.54, 1.807) is 24.9 Å². The molecule has 0 saturated carbocycles. The number of carbonyl (C=O) groups excluding carboxylic acids is 1. The number of carboxylic acid groups (broad SMARTS) is 1. The van der Waals surface area contributed by atoms with Crippen molar-refractivity contribution in [1.29, 1.82) is 0 Å². The third-order valence-corrected chi connectivity index (χ3v) is 4.24. The minimum atomic E-state index is -1.06. The van der Waals surface area contributed by atoms with Crippen LogP contribution in [-0.4, -0.2) is 33.7 Å². The molecule has 0 bridgehead atoms. The minimum absolute atomic E-state index is 0.239. The first-order valence-corrected chi connectivity index (χ1v) is 7.46. The number of nitrogens with zero attached hydrogens (tertiary/aromatic N) is 2. The highest BCUT2D eigenvalue weighted by molar-refractivity contribution is 6.09. The van der Waals surface area contributed by atoms with Gasteiger partial charge in [-0.25, -0.2) is 0 Å². The second-order valence-corrected chi connectivity index (χ2v) is 5.90. The summed E-state index contributed by atoms with van der Waals surface area (Å²) in [6, 6.07) is 7.60. The summed E-state index contributed by atoms with van der Waals surface area (Å²) in [5.41, 5.74) is 2.15. The fourth-order valence-electron chi connectivity index (χ4n) is 3.02. The minimum Gasteiger partial charge on any atom is -0.497 e. The van der Waals surface area contributed by atoms with Crippen LogP contribution in [0, 0.1) is 11.8 Å². The number of carbonyl (C=O) groups is 2. The lowest BCUT2D eigenvalue weighted by molar-refractivity contribution is -0.141. The number of rotatable bonds is 4. The third kappa shape index (κ3) is 2.84. The van der Waals surface area contributed by atoms with Crippen LogP contribution in [0.5, 0.6) is 5.75 Å². The Morgan fingerprint density at radius 2 is 2.09 bits per heavy atom. The summed E-state index contributed by atoms with van der Waals surface area (Å²) >= 11 is 0. The molecule has 23 heavy (non-hydrogen) atoms. The van der Waals surface area contributed by atoms with E-state index in [4.69, 9.17) is 4.74 Å². The number of benzene rings is 1. The molecule has 1 N–H and O–H groups in total. The Kier molecular flexibility index (Phi) is 3.90. The second-order valence-electron chi connectivity index (χ2n) is 5.90. The average Bonchev–Trinajstić information content (AvgIpc) is 2.90. The third-order valence-electron chi connectivity index (χ3n) is 4.24. The van der Waals surface area contributed by atoms with E-state index in [1.807, 2.05) is 24.3 Å². The highest BCUT2D eigenvalue weighted by Crippen LogP contribution is 2.29. The van der Waals surface area contributed by atoms with Gasteiger partial charge in [0.05, 0.1) is 24.9 Å². The number of aromatic nitrogens is 2. The van der Waals surface area contributed by atoms with Gasteiger partial charge in [-0.05, 0) is 30.0 Å². The molecule has 0 aliphatic heterocycles. The van der Waals surface area contributed by atoms with Gasteiger partial charge >= 0.3 is 5.97 Å². The molecule has 6 nitrogen and oxygen atoms in total.